The number of benzene rings is 1. The molecule has 0 saturated carbocycles. The number of carbonyl (C=O) groups is 1. The average Bonchev–Trinajstić information content (AvgIpc) is 2.66. The molecule has 0 aromatic heterocycles. The Morgan fingerprint density at radius 1 is 1.60 bits per heavy atom. The first-order valence-electron chi connectivity index (χ1n) is 4.69. The van der Waals surface area contributed by atoms with Crippen LogP contribution in [-0.2, 0) is 9.63 Å². The van der Waals surface area contributed by atoms with Crippen molar-refractivity contribution < 1.29 is 14.7 Å². The molecule has 0 aliphatic carbocycles. The molecule has 0 saturated heterocycles. The summed E-state index contributed by atoms with van der Waals surface area (Å²) >= 11 is 0. The third-order valence-corrected chi connectivity index (χ3v) is 2.33. The first kappa shape index (κ1) is 9.71. The van der Waals surface area contributed by atoms with Crippen LogP contribution in [0, 0.1) is 6.92 Å². The molecule has 1 aliphatic rings. The Balaban J connectivity index is 2.13. The summed E-state index contributed by atoms with van der Waals surface area (Å²) in [6.07, 6.45) is 0.0784. The predicted octanol–water partition coefficient (Wildman–Crippen LogP) is 1.90. The Morgan fingerprint density at radius 3 is 3.00 bits per heavy atom. The normalized spacial score (nSPS) is 19.5. The van der Waals surface area contributed by atoms with Crippen molar-refractivity contribution in [3.05, 3.63) is 35.4 Å². The van der Waals surface area contributed by atoms with E-state index in [0.717, 1.165) is 11.1 Å². The lowest BCUT2D eigenvalue weighted by Crippen LogP contribution is -2.11. The van der Waals surface area contributed by atoms with Crippen LogP contribution in [0.4, 0.5) is 0 Å². The molecule has 1 unspecified atom stereocenters. The smallest absolute Gasteiger partial charge is 0.353 e. The molecule has 4 nitrogen and oxygen atoms in total. The van der Waals surface area contributed by atoms with Gasteiger partial charge >= 0.3 is 5.97 Å². The molecule has 0 spiro atoms. The molecular weight excluding hydrogens is 194 g/mol. The highest BCUT2D eigenvalue weighted by atomic mass is 16.6. The topological polar surface area (TPSA) is 58.9 Å². The molecule has 2 rings (SSSR count). The van der Waals surface area contributed by atoms with Gasteiger partial charge in [-0.25, -0.2) is 4.79 Å². The van der Waals surface area contributed by atoms with Gasteiger partial charge in [-0.2, -0.15) is 0 Å². The largest absolute Gasteiger partial charge is 0.477 e. The van der Waals surface area contributed by atoms with Gasteiger partial charge < -0.3 is 9.94 Å². The van der Waals surface area contributed by atoms with E-state index in [1.54, 1.807) is 0 Å². The van der Waals surface area contributed by atoms with Gasteiger partial charge in [-0.3, -0.25) is 0 Å². The minimum atomic E-state index is -1.01. The quantitative estimate of drug-likeness (QED) is 0.802. The van der Waals surface area contributed by atoms with Crippen LogP contribution in [-0.4, -0.2) is 16.8 Å². The number of carboxylic acids is 1. The monoisotopic (exact) mass is 205 g/mol. The van der Waals surface area contributed by atoms with Gasteiger partial charge in [0.05, 0.1) is 0 Å². The lowest BCUT2D eigenvalue weighted by Gasteiger charge is -2.08. The van der Waals surface area contributed by atoms with Gasteiger partial charge in [-0.1, -0.05) is 35.0 Å². The fraction of sp³-hybridized carbons (Fsp3) is 0.273. The van der Waals surface area contributed by atoms with Crippen molar-refractivity contribution in [1.82, 2.24) is 0 Å². The molecule has 1 aromatic carbocycles. The molecule has 15 heavy (non-hydrogen) atoms. The number of oxime groups is 1. The summed E-state index contributed by atoms with van der Waals surface area (Å²) in [5.41, 5.74) is 2.18. The van der Waals surface area contributed by atoms with Crippen LogP contribution in [0.2, 0.25) is 0 Å². The van der Waals surface area contributed by atoms with E-state index < -0.39 is 5.97 Å². The number of rotatable bonds is 2. The fourth-order valence-corrected chi connectivity index (χ4v) is 1.55. The first-order valence-corrected chi connectivity index (χ1v) is 4.69. The highest BCUT2D eigenvalue weighted by Gasteiger charge is 2.26. The molecule has 1 atom stereocenters. The maximum absolute atomic E-state index is 10.6. The van der Waals surface area contributed by atoms with Crippen molar-refractivity contribution in [2.24, 2.45) is 5.16 Å². The molecule has 0 fully saturated rings. The maximum Gasteiger partial charge on any atom is 0.353 e. The van der Waals surface area contributed by atoms with E-state index in [-0.39, 0.29) is 11.8 Å². The number of carboxylic acid groups (broad SMARTS) is 1. The van der Waals surface area contributed by atoms with Crippen LogP contribution < -0.4 is 0 Å². The van der Waals surface area contributed by atoms with Crippen LogP contribution in [0.25, 0.3) is 0 Å². The minimum absolute atomic E-state index is 0.0847. The summed E-state index contributed by atoms with van der Waals surface area (Å²) < 4.78 is 0. The number of aryl methyl sites for hydroxylation is 1. The van der Waals surface area contributed by atoms with Gasteiger partial charge in [0, 0.05) is 6.42 Å². The Bertz CT molecular complexity index is 426. The van der Waals surface area contributed by atoms with Gasteiger partial charge in [-0.05, 0) is 12.5 Å². The van der Waals surface area contributed by atoms with Crippen molar-refractivity contribution in [3.8, 4) is 0 Å². The minimum Gasteiger partial charge on any atom is -0.477 e. The molecule has 4 heteroatoms. The van der Waals surface area contributed by atoms with Crippen molar-refractivity contribution >= 4 is 11.7 Å². The van der Waals surface area contributed by atoms with E-state index in [9.17, 15) is 4.79 Å². The Kier molecular flexibility index (Phi) is 2.41. The average molecular weight is 205 g/mol. The van der Waals surface area contributed by atoms with E-state index in [4.69, 9.17) is 9.94 Å². The SMILES string of the molecule is Cc1cccc(C2CC(C(=O)O)=NO2)c1. The Labute approximate surface area is 87.2 Å². The third kappa shape index (κ3) is 1.98. The molecular formula is C11H11NO3. The van der Waals surface area contributed by atoms with Crippen molar-refractivity contribution in [1.29, 1.82) is 0 Å². The van der Waals surface area contributed by atoms with Crippen LogP contribution in [0.3, 0.4) is 0 Å². The standard InChI is InChI=1S/C11H11NO3/c1-7-3-2-4-8(5-7)10-6-9(11(13)14)12-15-10/h2-5,10H,6H2,1H3,(H,13,14). The van der Waals surface area contributed by atoms with Gasteiger partial charge in [0.2, 0.25) is 0 Å². The highest BCUT2D eigenvalue weighted by Crippen LogP contribution is 2.27. The van der Waals surface area contributed by atoms with Gasteiger partial charge in [0.25, 0.3) is 0 Å². The second-order valence-electron chi connectivity index (χ2n) is 3.56. The molecule has 0 bridgehead atoms. The summed E-state index contributed by atoms with van der Waals surface area (Å²) in [7, 11) is 0. The van der Waals surface area contributed by atoms with Crippen LogP contribution in [0.5, 0.6) is 0 Å². The van der Waals surface area contributed by atoms with Crippen molar-refractivity contribution in [2.75, 3.05) is 0 Å². The molecule has 78 valence electrons. The van der Waals surface area contributed by atoms with E-state index in [0.29, 0.717) is 6.42 Å². The van der Waals surface area contributed by atoms with Crippen LogP contribution in [0.1, 0.15) is 23.7 Å². The number of hydrogen-bond acceptors (Lipinski definition) is 3. The number of nitrogens with zero attached hydrogens (tertiary/aromatic N) is 1. The summed E-state index contributed by atoms with van der Waals surface area (Å²) in [4.78, 5) is 15.7. The van der Waals surface area contributed by atoms with Crippen LogP contribution >= 0.6 is 0 Å². The predicted molar refractivity (Wildman–Crippen MR) is 54.7 cm³/mol. The molecule has 1 aromatic rings. The van der Waals surface area contributed by atoms with Crippen LogP contribution in [0.15, 0.2) is 29.4 Å². The number of aliphatic carboxylic acids is 1. The van der Waals surface area contributed by atoms with Gasteiger partial charge in [0.15, 0.2) is 11.8 Å². The third-order valence-electron chi connectivity index (χ3n) is 2.33. The van der Waals surface area contributed by atoms with Gasteiger partial charge in [-0.15, -0.1) is 0 Å². The van der Waals surface area contributed by atoms with Gasteiger partial charge in [0.1, 0.15) is 0 Å². The maximum atomic E-state index is 10.6. The fourth-order valence-electron chi connectivity index (χ4n) is 1.55. The highest BCUT2D eigenvalue weighted by molar-refractivity contribution is 6.35. The zero-order valence-electron chi connectivity index (χ0n) is 8.30. The van der Waals surface area contributed by atoms with E-state index >= 15 is 0 Å². The molecule has 0 amide bonds. The Hall–Kier alpha value is -1.84. The molecule has 1 heterocycles. The summed E-state index contributed by atoms with van der Waals surface area (Å²) in [6, 6.07) is 7.80. The van der Waals surface area contributed by atoms with Crippen molar-refractivity contribution in [3.63, 3.8) is 0 Å². The van der Waals surface area contributed by atoms with E-state index in [1.807, 2.05) is 31.2 Å². The zero-order valence-corrected chi connectivity index (χ0v) is 8.30. The molecule has 1 N–H and O–H groups in total. The molecule has 0 radical (unpaired) electrons. The second kappa shape index (κ2) is 3.73. The lowest BCUT2D eigenvalue weighted by atomic mass is 10.0. The molecule has 1 aliphatic heterocycles. The second-order valence-corrected chi connectivity index (χ2v) is 3.56. The lowest BCUT2D eigenvalue weighted by molar-refractivity contribution is -0.129. The Morgan fingerprint density at radius 2 is 2.40 bits per heavy atom. The zero-order chi connectivity index (χ0) is 10.8. The summed E-state index contributed by atoms with van der Waals surface area (Å²) in [6.45, 7) is 1.98. The number of hydrogen-bond donors (Lipinski definition) is 1. The van der Waals surface area contributed by atoms with Crippen molar-refractivity contribution in [2.45, 2.75) is 19.4 Å². The van der Waals surface area contributed by atoms with E-state index in [1.165, 1.54) is 0 Å². The van der Waals surface area contributed by atoms with E-state index in [2.05, 4.69) is 5.16 Å². The summed E-state index contributed by atoms with van der Waals surface area (Å²) in [5.74, 6) is -1.01. The summed E-state index contributed by atoms with van der Waals surface area (Å²) in [5, 5.41) is 12.3. The first-order chi connectivity index (χ1) is 7.16.